The fraction of sp³-hybridized carbons (Fsp3) is 0.0909. The highest BCUT2D eigenvalue weighted by Gasteiger charge is 2.28. The second-order valence-electron chi connectivity index (χ2n) is 4.01. The zero-order chi connectivity index (χ0) is 15.5. The summed E-state index contributed by atoms with van der Waals surface area (Å²) in [6.45, 7) is -0.0454. The van der Waals surface area contributed by atoms with Gasteiger partial charge in [0.25, 0.3) is 0 Å². The van der Waals surface area contributed by atoms with E-state index in [0.29, 0.717) is 5.56 Å². The molecule has 2 aromatic rings. The number of nitrogen functional groups attached to an aromatic ring is 1. The molecule has 0 saturated carbocycles. The topological polar surface area (TPSA) is 140 Å². The van der Waals surface area contributed by atoms with Gasteiger partial charge in [-0.25, -0.2) is 13.1 Å². The van der Waals surface area contributed by atoms with Crippen molar-refractivity contribution in [3.05, 3.63) is 52.5 Å². The first-order chi connectivity index (χ1) is 9.95. The van der Waals surface area contributed by atoms with E-state index in [2.05, 4.69) is 10.1 Å². The number of furan rings is 1. The average Bonchev–Trinajstić information content (AvgIpc) is 2.97. The molecule has 0 bridgehead atoms. The van der Waals surface area contributed by atoms with E-state index in [0.717, 1.165) is 6.07 Å². The van der Waals surface area contributed by atoms with Crippen molar-refractivity contribution in [2.45, 2.75) is 11.4 Å². The zero-order valence-corrected chi connectivity index (χ0v) is 11.5. The summed E-state index contributed by atoms with van der Waals surface area (Å²) < 4.78 is 31.5. The van der Waals surface area contributed by atoms with Gasteiger partial charge in [-0.05, 0) is 18.2 Å². The molecule has 4 N–H and O–H groups in total. The summed E-state index contributed by atoms with van der Waals surface area (Å²) in [7, 11) is -4.07. The number of anilines is 1. The molecule has 10 heteroatoms. The summed E-state index contributed by atoms with van der Waals surface area (Å²) in [5, 5.41) is 11.1. The van der Waals surface area contributed by atoms with Gasteiger partial charge in [0, 0.05) is 12.1 Å². The number of hydrogen-bond acceptors (Lipinski definition) is 7. The minimum Gasteiger partial charge on any atom is -0.472 e. The Morgan fingerprint density at radius 2 is 2.10 bits per heavy atom. The lowest BCUT2D eigenvalue weighted by Gasteiger charge is -2.09. The van der Waals surface area contributed by atoms with Gasteiger partial charge in [-0.2, -0.15) is 0 Å². The lowest BCUT2D eigenvalue weighted by Crippen LogP contribution is -2.24. The number of benzene rings is 1. The third-order valence-corrected chi connectivity index (χ3v) is 4.11. The smallest absolute Gasteiger partial charge is 0.313 e. The lowest BCUT2D eigenvalue weighted by atomic mass is 10.3. The van der Waals surface area contributed by atoms with Crippen LogP contribution < -0.4 is 16.0 Å². The number of nitro groups is 1. The second-order valence-corrected chi connectivity index (χ2v) is 5.75. The highest BCUT2D eigenvalue weighted by molar-refractivity contribution is 7.89. The number of nitro benzene ring substituents is 1. The van der Waals surface area contributed by atoms with E-state index in [4.69, 9.17) is 10.3 Å². The first-order valence-corrected chi connectivity index (χ1v) is 7.19. The van der Waals surface area contributed by atoms with Crippen LogP contribution in [0.25, 0.3) is 0 Å². The van der Waals surface area contributed by atoms with Gasteiger partial charge < -0.3 is 9.84 Å². The van der Waals surface area contributed by atoms with Gasteiger partial charge in [-0.1, -0.05) is 6.07 Å². The summed E-state index contributed by atoms with van der Waals surface area (Å²) >= 11 is 0. The number of nitrogens with zero attached hydrogens (tertiary/aromatic N) is 1. The summed E-state index contributed by atoms with van der Waals surface area (Å²) in [6, 6.07) is 5.38. The van der Waals surface area contributed by atoms with Crippen LogP contribution in [0.1, 0.15) is 5.56 Å². The fourth-order valence-electron chi connectivity index (χ4n) is 1.69. The highest BCUT2D eigenvalue weighted by Crippen LogP contribution is 2.31. The summed E-state index contributed by atoms with van der Waals surface area (Å²) in [5.74, 6) is 5.17. The Bertz CT molecular complexity index is 742. The molecule has 0 unspecified atom stereocenters. The van der Waals surface area contributed by atoms with E-state index in [1.54, 1.807) is 6.07 Å². The van der Waals surface area contributed by atoms with E-state index in [-0.39, 0.29) is 12.2 Å². The van der Waals surface area contributed by atoms with Gasteiger partial charge in [0.05, 0.1) is 17.4 Å². The molecule has 1 aromatic heterocycles. The van der Waals surface area contributed by atoms with Crippen LogP contribution in [0.5, 0.6) is 0 Å². The van der Waals surface area contributed by atoms with Crippen molar-refractivity contribution in [2.24, 2.45) is 5.84 Å². The van der Waals surface area contributed by atoms with Crippen LogP contribution in [0.2, 0.25) is 0 Å². The number of sulfonamides is 1. The maximum absolute atomic E-state index is 12.2. The summed E-state index contributed by atoms with van der Waals surface area (Å²) in [4.78, 5) is 9.81. The van der Waals surface area contributed by atoms with Crippen LogP contribution >= 0.6 is 0 Å². The molecule has 112 valence electrons. The fourth-order valence-corrected chi connectivity index (χ4v) is 2.90. The van der Waals surface area contributed by atoms with Crippen LogP contribution in [0.4, 0.5) is 11.4 Å². The number of nitrogens with one attached hydrogen (secondary N) is 2. The quantitative estimate of drug-likeness (QED) is 0.409. The van der Waals surface area contributed by atoms with Gasteiger partial charge in [-0.15, -0.1) is 0 Å². The standard InChI is InChI=1S/C11H12N4O5S/c12-14-9-2-1-3-10(11(9)15(16)17)21(18,19)13-6-8-4-5-20-7-8/h1-5,7,13-14H,6,12H2. The molecule has 0 aliphatic heterocycles. The summed E-state index contributed by atoms with van der Waals surface area (Å²) in [6.07, 6.45) is 2.76. The molecule has 0 spiro atoms. The highest BCUT2D eigenvalue weighted by atomic mass is 32.2. The SMILES string of the molecule is NNc1cccc(S(=O)(=O)NCc2ccoc2)c1[N+](=O)[O-]. The number of hydrogen-bond donors (Lipinski definition) is 3. The van der Waals surface area contributed by atoms with Gasteiger partial charge >= 0.3 is 5.69 Å². The minimum absolute atomic E-state index is 0.0454. The Kier molecular flexibility index (Phi) is 4.21. The predicted octanol–water partition coefficient (Wildman–Crippen LogP) is 0.952. The Morgan fingerprint density at radius 1 is 1.33 bits per heavy atom. The maximum Gasteiger partial charge on any atom is 0.313 e. The van der Waals surface area contributed by atoms with Crippen LogP contribution in [0.3, 0.4) is 0 Å². The van der Waals surface area contributed by atoms with Crippen LogP contribution in [-0.4, -0.2) is 13.3 Å². The van der Waals surface area contributed by atoms with E-state index >= 15 is 0 Å². The monoisotopic (exact) mass is 312 g/mol. The van der Waals surface area contributed by atoms with Crippen molar-refractivity contribution in [3.8, 4) is 0 Å². The Morgan fingerprint density at radius 3 is 2.67 bits per heavy atom. The lowest BCUT2D eigenvalue weighted by molar-refractivity contribution is -0.386. The molecule has 0 saturated heterocycles. The zero-order valence-electron chi connectivity index (χ0n) is 10.6. The third kappa shape index (κ3) is 3.18. The third-order valence-electron chi connectivity index (χ3n) is 2.67. The number of nitrogens with two attached hydrogens (primary N) is 1. The van der Waals surface area contributed by atoms with Crippen molar-refractivity contribution in [1.29, 1.82) is 0 Å². The van der Waals surface area contributed by atoms with Crippen LogP contribution in [0.15, 0.2) is 46.1 Å². The van der Waals surface area contributed by atoms with Gasteiger partial charge in [0.15, 0.2) is 4.90 Å². The first kappa shape index (κ1) is 15.0. The van der Waals surface area contributed by atoms with E-state index in [1.807, 2.05) is 0 Å². The normalized spacial score (nSPS) is 11.3. The number of rotatable bonds is 6. The van der Waals surface area contributed by atoms with Crippen molar-refractivity contribution in [1.82, 2.24) is 4.72 Å². The molecule has 0 aliphatic rings. The number of para-hydroxylation sites is 1. The van der Waals surface area contributed by atoms with Crippen LogP contribution in [-0.2, 0) is 16.6 Å². The van der Waals surface area contributed by atoms with E-state index in [9.17, 15) is 18.5 Å². The molecular weight excluding hydrogens is 300 g/mol. The van der Waals surface area contributed by atoms with Gasteiger partial charge in [0.2, 0.25) is 10.0 Å². The van der Waals surface area contributed by atoms with Crippen molar-refractivity contribution < 1.29 is 17.8 Å². The molecule has 2 rings (SSSR count). The van der Waals surface area contributed by atoms with Gasteiger partial charge in [0.1, 0.15) is 5.69 Å². The van der Waals surface area contributed by atoms with Crippen LogP contribution in [0, 0.1) is 10.1 Å². The molecule has 0 amide bonds. The molecule has 0 radical (unpaired) electrons. The van der Waals surface area contributed by atoms with Crippen molar-refractivity contribution in [3.63, 3.8) is 0 Å². The molecule has 1 heterocycles. The van der Waals surface area contributed by atoms with Gasteiger partial charge in [-0.3, -0.25) is 16.0 Å². The molecule has 0 aliphatic carbocycles. The Hall–Kier alpha value is -2.43. The van der Waals surface area contributed by atoms with Crippen molar-refractivity contribution >= 4 is 21.4 Å². The van der Waals surface area contributed by atoms with E-state index in [1.165, 1.54) is 24.7 Å². The molecular formula is C11H12N4O5S. The second kappa shape index (κ2) is 5.91. The number of hydrazine groups is 1. The average molecular weight is 312 g/mol. The minimum atomic E-state index is -4.07. The largest absolute Gasteiger partial charge is 0.472 e. The van der Waals surface area contributed by atoms with E-state index < -0.39 is 25.5 Å². The Labute approximate surface area is 119 Å². The molecule has 1 aromatic carbocycles. The molecule has 0 fully saturated rings. The predicted molar refractivity (Wildman–Crippen MR) is 73.6 cm³/mol. The van der Waals surface area contributed by atoms with Crippen molar-refractivity contribution in [2.75, 3.05) is 5.43 Å². The maximum atomic E-state index is 12.2. The molecule has 9 nitrogen and oxygen atoms in total. The molecule has 21 heavy (non-hydrogen) atoms. The summed E-state index contributed by atoms with van der Waals surface area (Å²) in [5.41, 5.74) is 2.00. The first-order valence-electron chi connectivity index (χ1n) is 5.70. The molecule has 0 atom stereocenters. The Balaban J connectivity index is 2.37.